The Morgan fingerprint density at radius 2 is 2.00 bits per heavy atom. The second-order valence-electron chi connectivity index (χ2n) is 9.68. The number of hydrogen-bond donors (Lipinski definition) is 0. The van der Waals surface area contributed by atoms with E-state index in [-0.39, 0.29) is 29.3 Å². The third-order valence-electron chi connectivity index (χ3n) is 7.80. The summed E-state index contributed by atoms with van der Waals surface area (Å²) in [7, 11) is 0. The van der Waals surface area contributed by atoms with E-state index in [1.807, 2.05) is 9.80 Å². The Hall–Kier alpha value is -1.94. The third kappa shape index (κ3) is 4.31. The quantitative estimate of drug-likeness (QED) is 0.700. The molecule has 0 unspecified atom stereocenters. The fraction of sp³-hybridized carbons (Fsp3) is 0.773. The smallest absolute Gasteiger partial charge is 0.381 e. The van der Waals surface area contributed by atoms with Gasteiger partial charge in [-0.1, -0.05) is 0 Å². The van der Waals surface area contributed by atoms with E-state index in [0.717, 1.165) is 64.4 Å². The summed E-state index contributed by atoms with van der Waals surface area (Å²) in [5.41, 5.74) is -0.658. The Balaban J connectivity index is 1.15. The van der Waals surface area contributed by atoms with Gasteiger partial charge in [0.2, 0.25) is 5.91 Å². The number of rotatable bonds is 3. The number of alkyl halides is 3. The first-order valence-electron chi connectivity index (χ1n) is 11.4. The fourth-order valence-corrected chi connectivity index (χ4v) is 5.76. The number of likely N-dealkylation sites (tertiary alicyclic amines) is 1. The van der Waals surface area contributed by atoms with Crippen LogP contribution in [0, 0.1) is 17.3 Å². The summed E-state index contributed by atoms with van der Waals surface area (Å²) in [6.07, 6.45) is 0.627. The number of carbonyl (C=O) groups is 1. The van der Waals surface area contributed by atoms with Crippen LogP contribution in [0.15, 0.2) is 12.4 Å². The lowest BCUT2D eigenvalue weighted by Crippen LogP contribution is -2.46. The highest BCUT2D eigenvalue weighted by atomic mass is 19.4. The summed E-state index contributed by atoms with van der Waals surface area (Å²) < 4.78 is 50.6. The average molecular weight is 454 g/mol. The molecule has 32 heavy (non-hydrogen) atoms. The second-order valence-corrected chi connectivity index (χ2v) is 9.68. The number of carbonyl (C=O) groups excluding carboxylic acids is 1. The molecular formula is C22H29F3N4O3. The van der Waals surface area contributed by atoms with Crippen LogP contribution in [0.25, 0.3) is 0 Å². The number of ether oxygens (including phenoxy) is 2. The minimum absolute atomic E-state index is 0.114. The Labute approximate surface area is 185 Å². The molecule has 1 aromatic heterocycles. The summed E-state index contributed by atoms with van der Waals surface area (Å²) in [6, 6.07) is 1.01. The van der Waals surface area contributed by atoms with Crippen molar-refractivity contribution in [3.05, 3.63) is 18.1 Å². The molecule has 4 aliphatic heterocycles. The van der Waals surface area contributed by atoms with Crippen molar-refractivity contribution < 1.29 is 27.4 Å². The van der Waals surface area contributed by atoms with Gasteiger partial charge in [0, 0.05) is 44.8 Å². The molecule has 0 aliphatic carbocycles. The van der Waals surface area contributed by atoms with Crippen molar-refractivity contribution in [1.82, 2.24) is 14.9 Å². The lowest BCUT2D eigenvalue weighted by molar-refractivity contribution is -0.141. The Bertz CT molecular complexity index is 836. The van der Waals surface area contributed by atoms with Crippen LogP contribution in [0.4, 0.5) is 19.0 Å². The van der Waals surface area contributed by atoms with Crippen molar-refractivity contribution in [1.29, 1.82) is 0 Å². The SMILES string of the molecule is O=C(C[C@@H]1OC[C@H]2CN(c3cc(C(F)(F)F)ncn3)CC[C@H]21)N1CCC2(CCOC2)CC1. The largest absolute Gasteiger partial charge is 0.433 e. The summed E-state index contributed by atoms with van der Waals surface area (Å²) in [5, 5.41) is 0. The molecule has 10 heteroatoms. The molecule has 0 saturated carbocycles. The third-order valence-corrected chi connectivity index (χ3v) is 7.80. The molecule has 4 aliphatic rings. The zero-order valence-electron chi connectivity index (χ0n) is 18.0. The summed E-state index contributed by atoms with van der Waals surface area (Å²) in [4.78, 5) is 24.2. The molecule has 1 spiro atoms. The van der Waals surface area contributed by atoms with Crippen LogP contribution in [0.3, 0.4) is 0 Å². The monoisotopic (exact) mass is 454 g/mol. The van der Waals surface area contributed by atoms with Crippen LogP contribution in [0.5, 0.6) is 0 Å². The van der Waals surface area contributed by atoms with Crippen LogP contribution in [0.2, 0.25) is 0 Å². The summed E-state index contributed by atoms with van der Waals surface area (Å²) in [6.45, 7) is 4.91. The van der Waals surface area contributed by atoms with Gasteiger partial charge in [-0.2, -0.15) is 13.2 Å². The lowest BCUT2D eigenvalue weighted by Gasteiger charge is -2.39. The molecule has 0 aromatic carbocycles. The predicted molar refractivity (Wildman–Crippen MR) is 109 cm³/mol. The van der Waals surface area contributed by atoms with Crippen molar-refractivity contribution in [3.8, 4) is 0 Å². The van der Waals surface area contributed by atoms with E-state index in [4.69, 9.17) is 9.47 Å². The Morgan fingerprint density at radius 1 is 1.19 bits per heavy atom. The second kappa shape index (κ2) is 8.44. The highest BCUT2D eigenvalue weighted by Crippen LogP contribution is 2.41. The van der Waals surface area contributed by atoms with E-state index in [0.29, 0.717) is 31.9 Å². The molecule has 5 heterocycles. The van der Waals surface area contributed by atoms with Gasteiger partial charge >= 0.3 is 6.18 Å². The van der Waals surface area contributed by atoms with Gasteiger partial charge in [-0.05, 0) is 37.0 Å². The number of piperidine rings is 2. The minimum Gasteiger partial charge on any atom is -0.381 e. The standard InChI is InChI=1S/C22H29F3N4O3/c23-22(24,25)18-10-19(27-14-26-18)29-5-1-16-15(11-29)12-32-17(16)9-20(30)28-6-2-21(3-7-28)4-8-31-13-21/h10,14-17H,1-9,11-13H2/t15-,16-,17+/m1/s1. The molecule has 4 saturated heterocycles. The van der Waals surface area contributed by atoms with Gasteiger partial charge < -0.3 is 19.3 Å². The van der Waals surface area contributed by atoms with Crippen molar-refractivity contribution >= 4 is 11.7 Å². The molecule has 1 amide bonds. The van der Waals surface area contributed by atoms with Gasteiger partial charge in [0.15, 0.2) is 0 Å². The number of amides is 1. The van der Waals surface area contributed by atoms with E-state index >= 15 is 0 Å². The normalized spacial score (nSPS) is 30.0. The molecule has 0 radical (unpaired) electrons. The van der Waals surface area contributed by atoms with E-state index in [1.54, 1.807) is 0 Å². The van der Waals surface area contributed by atoms with Gasteiger partial charge in [0.25, 0.3) is 0 Å². The maximum absolute atomic E-state index is 13.0. The molecule has 1 aromatic rings. The van der Waals surface area contributed by atoms with Crippen LogP contribution in [-0.2, 0) is 20.4 Å². The molecule has 176 valence electrons. The first-order chi connectivity index (χ1) is 15.3. The molecule has 0 bridgehead atoms. The van der Waals surface area contributed by atoms with Crippen molar-refractivity contribution in [2.24, 2.45) is 17.3 Å². The Morgan fingerprint density at radius 3 is 2.72 bits per heavy atom. The number of hydrogen-bond acceptors (Lipinski definition) is 6. The number of fused-ring (bicyclic) bond motifs is 1. The topological polar surface area (TPSA) is 67.8 Å². The van der Waals surface area contributed by atoms with E-state index in [1.165, 1.54) is 0 Å². The maximum Gasteiger partial charge on any atom is 0.433 e. The van der Waals surface area contributed by atoms with Gasteiger partial charge in [-0.25, -0.2) is 9.97 Å². The van der Waals surface area contributed by atoms with Crippen molar-refractivity contribution in [2.75, 3.05) is 50.9 Å². The number of nitrogens with zero attached hydrogens (tertiary/aromatic N) is 4. The molecule has 0 N–H and O–H groups in total. The van der Waals surface area contributed by atoms with E-state index in [2.05, 4.69) is 9.97 Å². The molecule has 3 atom stereocenters. The highest BCUT2D eigenvalue weighted by molar-refractivity contribution is 5.77. The summed E-state index contributed by atoms with van der Waals surface area (Å²) >= 11 is 0. The maximum atomic E-state index is 13.0. The van der Waals surface area contributed by atoms with Gasteiger partial charge in [0.05, 0.1) is 25.7 Å². The Kier molecular flexibility index (Phi) is 5.77. The summed E-state index contributed by atoms with van der Waals surface area (Å²) in [5.74, 6) is 0.880. The first kappa shape index (κ1) is 21.9. The minimum atomic E-state index is -4.49. The lowest BCUT2D eigenvalue weighted by atomic mass is 9.78. The molecule has 4 fully saturated rings. The van der Waals surface area contributed by atoms with E-state index in [9.17, 15) is 18.0 Å². The van der Waals surface area contributed by atoms with Gasteiger partial charge in [0.1, 0.15) is 17.8 Å². The fourth-order valence-electron chi connectivity index (χ4n) is 5.76. The zero-order chi connectivity index (χ0) is 22.3. The predicted octanol–water partition coefficient (Wildman–Crippen LogP) is 2.76. The first-order valence-corrected chi connectivity index (χ1v) is 11.4. The number of anilines is 1. The van der Waals surface area contributed by atoms with Crippen LogP contribution >= 0.6 is 0 Å². The van der Waals surface area contributed by atoms with Gasteiger partial charge in [-0.3, -0.25) is 4.79 Å². The molecular weight excluding hydrogens is 425 g/mol. The van der Waals surface area contributed by atoms with Crippen molar-refractivity contribution in [3.63, 3.8) is 0 Å². The molecule has 7 nitrogen and oxygen atoms in total. The van der Waals surface area contributed by atoms with Crippen LogP contribution in [-0.4, -0.2) is 72.9 Å². The zero-order valence-corrected chi connectivity index (χ0v) is 18.0. The van der Waals surface area contributed by atoms with E-state index < -0.39 is 11.9 Å². The van der Waals surface area contributed by atoms with Crippen LogP contribution < -0.4 is 4.90 Å². The highest BCUT2D eigenvalue weighted by Gasteiger charge is 2.44. The van der Waals surface area contributed by atoms with Crippen LogP contribution in [0.1, 0.15) is 37.8 Å². The molecule has 5 rings (SSSR count). The van der Waals surface area contributed by atoms with Gasteiger partial charge in [-0.15, -0.1) is 0 Å². The number of halogens is 3. The number of aromatic nitrogens is 2. The average Bonchev–Trinajstić information content (AvgIpc) is 3.41. The van der Waals surface area contributed by atoms with Crippen molar-refractivity contribution in [2.45, 2.75) is 44.4 Å².